The van der Waals surface area contributed by atoms with Crippen molar-refractivity contribution in [3.63, 3.8) is 0 Å². The smallest absolute Gasteiger partial charge is 0.269 e. The molecule has 0 aliphatic heterocycles. The molecule has 0 unspecified atom stereocenters. The molecule has 28 heavy (non-hydrogen) atoms. The summed E-state index contributed by atoms with van der Waals surface area (Å²) in [6, 6.07) is 13.7. The lowest BCUT2D eigenvalue weighted by Gasteiger charge is -2.00. The Morgan fingerprint density at radius 2 is 1.39 bits per heavy atom. The van der Waals surface area contributed by atoms with Crippen LogP contribution >= 0.6 is 0 Å². The molecule has 10 nitrogen and oxygen atoms in total. The third-order valence-corrected chi connectivity index (χ3v) is 3.12. The van der Waals surface area contributed by atoms with E-state index in [0.29, 0.717) is 0 Å². The number of phenols is 1. The molecule has 3 aromatic rings. The van der Waals surface area contributed by atoms with Crippen molar-refractivity contribution in [3.8, 4) is 11.5 Å². The molecule has 0 radical (unpaired) electrons. The van der Waals surface area contributed by atoms with Crippen LogP contribution in [0.5, 0.6) is 11.5 Å². The fourth-order valence-electron chi connectivity index (χ4n) is 1.69. The lowest BCUT2D eigenvalue weighted by Crippen LogP contribution is -2.47. The van der Waals surface area contributed by atoms with Crippen molar-refractivity contribution >= 4 is 11.4 Å². The van der Waals surface area contributed by atoms with Gasteiger partial charge in [-0.05, 0) is 18.2 Å². The second-order valence-corrected chi connectivity index (χ2v) is 5.14. The summed E-state index contributed by atoms with van der Waals surface area (Å²) in [6.45, 7) is 0.827. The summed E-state index contributed by atoms with van der Waals surface area (Å²) >= 11 is 0. The number of nitrogens with zero attached hydrogens (tertiary/aromatic N) is 3. The summed E-state index contributed by atoms with van der Waals surface area (Å²) in [7, 11) is 0. The maximum Gasteiger partial charge on any atom is 0.269 e. The van der Waals surface area contributed by atoms with E-state index in [2.05, 4.69) is 10.7 Å². The van der Waals surface area contributed by atoms with Crippen LogP contribution < -0.4 is 10.8 Å². The molecule has 0 saturated heterocycles. The molecule has 0 amide bonds. The average Bonchev–Trinajstić information content (AvgIpc) is 2.70. The zero-order valence-electron chi connectivity index (χ0n) is 14.7. The van der Waals surface area contributed by atoms with Gasteiger partial charge in [0, 0.05) is 42.2 Å². The van der Waals surface area contributed by atoms with Gasteiger partial charge in [0.2, 0.25) is 0 Å². The van der Waals surface area contributed by atoms with Gasteiger partial charge >= 0.3 is 0 Å². The monoisotopic (exact) mass is 386 g/mol. The van der Waals surface area contributed by atoms with E-state index in [9.17, 15) is 25.3 Å². The number of aromatic hydroxyl groups is 1. The van der Waals surface area contributed by atoms with E-state index < -0.39 is 9.85 Å². The first-order valence-electron chi connectivity index (χ1n) is 7.86. The fourth-order valence-corrected chi connectivity index (χ4v) is 1.69. The third-order valence-electron chi connectivity index (χ3n) is 3.12. The van der Waals surface area contributed by atoms with Crippen LogP contribution in [0.25, 0.3) is 0 Å². The van der Waals surface area contributed by atoms with Crippen molar-refractivity contribution in [2.24, 2.45) is 0 Å². The minimum Gasteiger partial charge on any atom is -0.872 e. The molecule has 0 fully saturated rings. The van der Waals surface area contributed by atoms with Crippen LogP contribution in [0.1, 0.15) is 5.56 Å². The van der Waals surface area contributed by atoms with Crippen molar-refractivity contribution < 1.29 is 25.8 Å². The Morgan fingerprint density at radius 3 is 1.75 bits per heavy atom. The molecule has 3 rings (SSSR count). The minimum atomic E-state index is -0.542. The summed E-state index contributed by atoms with van der Waals surface area (Å²) in [6.07, 6.45) is 3.59. The first kappa shape index (κ1) is 22.0. The highest BCUT2D eigenvalue weighted by atomic mass is 16.6. The van der Waals surface area contributed by atoms with Crippen molar-refractivity contribution in [2.75, 3.05) is 0 Å². The Morgan fingerprint density at radius 1 is 0.893 bits per heavy atom. The number of aromatic nitrogens is 1. The van der Waals surface area contributed by atoms with E-state index in [-0.39, 0.29) is 22.9 Å². The quantitative estimate of drug-likeness (QED) is 0.510. The van der Waals surface area contributed by atoms with Gasteiger partial charge in [-0.3, -0.25) is 25.2 Å². The van der Waals surface area contributed by atoms with Gasteiger partial charge in [0.15, 0.2) is 0 Å². The van der Waals surface area contributed by atoms with Gasteiger partial charge in [-0.25, -0.2) is 0 Å². The second kappa shape index (κ2) is 11.5. The Kier molecular flexibility index (Phi) is 9.07. The Hall–Kier alpha value is -4.05. The van der Waals surface area contributed by atoms with E-state index in [1.807, 2.05) is 18.3 Å². The molecule has 0 saturated carbocycles. The zero-order chi connectivity index (χ0) is 20.9. The molecular formula is C18H18N4O6. The molecule has 2 aromatic carbocycles. The van der Waals surface area contributed by atoms with Gasteiger partial charge in [-0.1, -0.05) is 18.2 Å². The van der Waals surface area contributed by atoms with E-state index in [4.69, 9.17) is 5.11 Å². The normalized spacial score (nSPS) is 9.18. The summed E-state index contributed by atoms with van der Waals surface area (Å²) in [5.74, 6) is -0.184. The number of non-ortho nitro benzene ring substituents is 2. The summed E-state index contributed by atoms with van der Waals surface area (Å²) in [4.78, 5) is 22.9. The number of nitro groups is 2. The van der Waals surface area contributed by atoms with E-state index in [1.54, 1.807) is 6.20 Å². The van der Waals surface area contributed by atoms with Crippen LogP contribution in [0, 0.1) is 20.2 Å². The van der Waals surface area contributed by atoms with Crippen LogP contribution in [-0.2, 0) is 6.54 Å². The number of rotatable bonds is 3. The van der Waals surface area contributed by atoms with Crippen LogP contribution in [0.3, 0.4) is 0 Å². The number of nitro benzene ring substituents is 2. The molecule has 4 N–H and O–H groups in total. The lowest BCUT2D eigenvalue weighted by molar-refractivity contribution is -0.386. The summed E-state index contributed by atoms with van der Waals surface area (Å²) < 4.78 is 0. The van der Waals surface area contributed by atoms with E-state index >= 15 is 0 Å². The molecule has 146 valence electrons. The van der Waals surface area contributed by atoms with Crippen molar-refractivity contribution in [1.29, 1.82) is 0 Å². The number of quaternary nitrogens is 1. The van der Waals surface area contributed by atoms with Gasteiger partial charge in [0.1, 0.15) is 12.3 Å². The molecule has 1 aromatic heterocycles. The van der Waals surface area contributed by atoms with Crippen LogP contribution in [0.4, 0.5) is 11.4 Å². The summed E-state index contributed by atoms with van der Waals surface area (Å²) in [5, 5.41) is 39.2. The standard InChI is InChI=1S/C6H8N2.2C6H5NO3/c7-4-6-2-1-3-8-5-6;2*8-6-3-1-5(2-4-6)7(9)10/h1-3,5H,4,7H2;2*1-4,8H. The number of benzene rings is 2. The van der Waals surface area contributed by atoms with Gasteiger partial charge in [0.05, 0.1) is 9.85 Å². The largest absolute Gasteiger partial charge is 0.872 e. The van der Waals surface area contributed by atoms with Gasteiger partial charge in [-0.15, -0.1) is 5.75 Å². The first-order valence-corrected chi connectivity index (χ1v) is 7.86. The maximum absolute atomic E-state index is 10.4. The third kappa shape index (κ3) is 8.36. The molecule has 0 bridgehead atoms. The summed E-state index contributed by atoms with van der Waals surface area (Å²) in [5.41, 5.74) is 4.83. The molecule has 0 spiro atoms. The maximum atomic E-state index is 10.4. The van der Waals surface area contributed by atoms with Gasteiger partial charge < -0.3 is 15.9 Å². The second-order valence-electron chi connectivity index (χ2n) is 5.14. The van der Waals surface area contributed by atoms with Crippen LogP contribution in [-0.4, -0.2) is 19.9 Å². The van der Waals surface area contributed by atoms with E-state index in [0.717, 1.165) is 18.7 Å². The first-order chi connectivity index (χ1) is 13.3. The highest BCUT2D eigenvalue weighted by molar-refractivity contribution is 5.35. The van der Waals surface area contributed by atoms with Crippen molar-refractivity contribution in [2.45, 2.75) is 6.54 Å². The zero-order valence-corrected chi connectivity index (χ0v) is 14.7. The SMILES string of the molecule is O=[N+]([O-])c1ccc(O)cc1.O=[N+]([O-])c1ccc([O-])cc1.[NH3+]Cc1cccnc1. The highest BCUT2D eigenvalue weighted by Crippen LogP contribution is 2.15. The predicted molar refractivity (Wildman–Crippen MR) is 98.1 cm³/mol. The van der Waals surface area contributed by atoms with E-state index in [1.165, 1.54) is 42.0 Å². The Bertz CT molecular complexity index is 815. The van der Waals surface area contributed by atoms with Gasteiger partial charge in [-0.2, -0.15) is 0 Å². The number of pyridine rings is 1. The Balaban J connectivity index is 0.000000212. The average molecular weight is 386 g/mol. The molecule has 1 heterocycles. The topological polar surface area (TPSA) is 170 Å². The van der Waals surface area contributed by atoms with Gasteiger partial charge in [0.25, 0.3) is 11.4 Å². The lowest BCUT2D eigenvalue weighted by atomic mass is 10.3. The van der Waals surface area contributed by atoms with Crippen molar-refractivity contribution in [1.82, 2.24) is 4.98 Å². The number of hydrogen-bond acceptors (Lipinski definition) is 7. The number of phenolic OH excluding ortho intramolecular Hbond substituents is 1. The Labute approximate surface area is 159 Å². The fraction of sp³-hybridized carbons (Fsp3) is 0.0556. The predicted octanol–water partition coefficient (Wildman–Crippen LogP) is 1.79. The van der Waals surface area contributed by atoms with Crippen molar-refractivity contribution in [3.05, 3.63) is 98.8 Å². The van der Waals surface area contributed by atoms with Crippen LogP contribution in [0.2, 0.25) is 0 Å². The number of hydrogen-bond donors (Lipinski definition) is 2. The van der Waals surface area contributed by atoms with Crippen LogP contribution in [0.15, 0.2) is 73.1 Å². The minimum absolute atomic E-state index is 0.0159. The molecular weight excluding hydrogens is 368 g/mol. The molecule has 0 aliphatic rings. The molecule has 0 aliphatic carbocycles. The molecule has 10 heteroatoms. The molecule has 0 atom stereocenters. The highest BCUT2D eigenvalue weighted by Gasteiger charge is 2.01.